The summed E-state index contributed by atoms with van der Waals surface area (Å²) in [6.07, 6.45) is 6.80. The Morgan fingerprint density at radius 1 is 1.17 bits per heavy atom. The van der Waals surface area contributed by atoms with Crippen molar-refractivity contribution in [2.75, 3.05) is 0 Å². The van der Waals surface area contributed by atoms with Gasteiger partial charge in [0.05, 0.1) is 6.10 Å². The normalized spacial score (nSPS) is 19.7. The monoisotopic (exact) mass is 330 g/mol. The van der Waals surface area contributed by atoms with E-state index in [4.69, 9.17) is 9.47 Å². The summed E-state index contributed by atoms with van der Waals surface area (Å²) in [5, 5.41) is 0. The van der Waals surface area contributed by atoms with E-state index in [0.717, 1.165) is 37.2 Å². The zero-order valence-corrected chi connectivity index (χ0v) is 16.8. The summed E-state index contributed by atoms with van der Waals surface area (Å²) in [6.45, 7) is 17.3. The van der Waals surface area contributed by atoms with Gasteiger partial charge >= 0.3 is 0 Å². The number of hydrogen-bond acceptors (Lipinski definition) is 2. The predicted octanol–water partition coefficient (Wildman–Crippen LogP) is 6.23. The number of hydrogen-bond donors (Lipinski definition) is 0. The summed E-state index contributed by atoms with van der Waals surface area (Å²) in [7, 11) is 0. The number of fused-ring (bicyclic) bond motifs is 1. The maximum atomic E-state index is 6.57. The van der Waals surface area contributed by atoms with E-state index in [1.165, 1.54) is 27.8 Å². The van der Waals surface area contributed by atoms with Crippen molar-refractivity contribution in [3.63, 3.8) is 0 Å². The summed E-state index contributed by atoms with van der Waals surface area (Å²) < 4.78 is 12.7. The highest BCUT2D eigenvalue weighted by molar-refractivity contribution is 5.59. The summed E-state index contributed by atoms with van der Waals surface area (Å²) in [5.41, 5.74) is 6.37. The maximum Gasteiger partial charge on any atom is 0.127 e. The second kappa shape index (κ2) is 7.21. The van der Waals surface area contributed by atoms with E-state index in [0.29, 0.717) is 0 Å². The minimum absolute atomic E-state index is 0.0665. The van der Waals surface area contributed by atoms with Crippen LogP contribution in [-0.2, 0) is 6.42 Å². The fourth-order valence-corrected chi connectivity index (χ4v) is 3.54. The van der Waals surface area contributed by atoms with Crippen molar-refractivity contribution in [1.29, 1.82) is 0 Å². The standard InChI is InChI=1S/C22H34O2/c1-14(2)10-9-12-22(8)13-11-19-18(7)20(23-15(3)4)16(5)17(6)21(19)24-22/h10,15H,9,11-13H2,1-8H3. The lowest BCUT2D eigenvalue weighted by molar-refractivity contribution is 0.0557. The van der Waals surface area contributed by atoms with E-state index < -0.39 is 0 Å². The third-order valence-electron chi connectivity index (χ3n) is 5.14. The summed E-state index contributed by atoms with van der Waals surface area (Å²) in [4.78, 5) is 0. The van der Waals surface area contributed by atoms with Gasteiger partial charge in [0.15, 0.2) is 0 Å². The minimum atomic E-state index is -0.0665. The SMILES string of the molecule is CC(C)=CCCC1(C)CCc2c(C)c(OC(C)C)c(C)c(C)c2O1. The number of benzene rings is 1. The Hall–Kier alpha value is -1.44. The molecule has 0 N–H and O–H groups in total. The third kappa shape index (κ3) is 3.96. The molecule has 1 aromatic rings. The zero-order valence-electron chi connectivity index (χ0n) is 16.8. The molecule has 1 unspecified atom stereocenters. The van der Waals surface area contributed by atoms with Crippen LogP contribution < -0.4 is 9.47 Å². The molecule has 1 aliphatic heterocycles. The first-order chi connectivity index (χ1) is 11.1. The fraction of sp³-hybridized carbons (Fsp3) is 0.636. The van der Waals surface area contributed by atoms with Crippen LogP contribution in [0.15, 0.2) is 11.6 Å². The van der Waals surface area contributed by atoms with Gasteiger partial charge in [-0.1, -0.05) is 11.6 Å². The van der Waals surface area contributed by atoms with Crippen LogP contribution >= 0.6 is 0 Å². The van der Waals surface area contributed by atoms with E-state index in [1.54, 1.807) is 0 Å². The van der Waals surface area contributed by atoms with Gasteiger partial charge in [-0.25, -0.2) is 0 Å². The van der Waals surface area contributed by atoms with Crippen molar-refractivity contribution < 1.29 is 9.47 Å². The van der Waals surface area contributed by atoms with E-state index >= 15 is 0 Å². The molecular weight excluding hydrogens is 296 g/mol. The molecule has 0 radical (unpaired) electrons. The number of rotatable bonds is 5. The van der Waals surface area contributed by atoms with Crippen molar-refractivity contribution >= 4 is 0 Å². The average Bonchev–Trinajstić information content (AvgIpc) is 2.48. The van der Waals surface area contributed by atoms with Gasteiger partial charge in [0.25, 0.3) is 0 Å². The van der Waals surface area contributed by atoms with Crippen LogP contribution in [0.3, 0.4) is 0 Å². The molecule has 24 heavy (non-hydrogen) atoms. The van der Waals surface area contributed by atoms with E-state index in [-0.39, 0.29) is 11.7 Å². The van der Waals surface area contributed by atoms with Gasteiger partial charge in [-0.05, 0) is 97.8 Å². The number of ether oxygens (including phenoxy) is 2. The largest absolute Gasteiger partial charge is 0.490 e. The van der Waals surface area contributed by atoms with Gasteiger partial charge < -0.3 is 9.47 Å². The molecule has 134 valence electrons. The second-order valence-corrected chi connectivity index (χ2v) is 8.05. The molecule has 1 atom stereocenters. The Morgan fingerprint density at radius 3 is 2.42 bits per heavy atom. The Morgan fingerprint density at radius 2 is 1.83 bits per heavy atom. The van der Waals surface area contributed by atoms with Gasteiger partial charge in [-0.2, -0.15) is 0 Å². The number of allylic oxidation sites excluding steroid dienone is 2. The molecular formula is C22H34O2. The van der Waals surface area contributed by atoms with Crippen molar-refractivity contribution in [3.05, 3.63) is 33.9 Å². The van der Waals surface area contributed by atoms with E-state index in [9.17, 15) is 0 Å². The maximum absolute atomic E-state index is 6.57. The third-order valence-corrected chi connectivity index (χ3v) is 5.14. The summed E-state index contributed by atoms with van der Waals surface area (Å²) in [6, 6.07) is 0. The Kier molecular flexibility index (Phi) is 5.67. The van der Waals surface area contributed by atoms with Crippen molar-refractivity contribution in [2.24, 2.45) is 0 Å². The molecule has 0 aromatic heterocycles. The van der Waals surface area contributed by atoms with Crippen LogP contribution in [0.5, 0.6) is 11.5 Å². The Balaban J connectivity index is 2.33. The quantitative estimate of drug-likeness (QED) is 0.596. The molecule has 0 amide bonds. The van der Waals surface area contributed by atoms with Crippen LogP contribution in [0.4, 0.5) is 0 Å². The van der Waals surface area contributed by atoms with Gasteiger partial charge in [0.2, 0.25) is 0 Å². The van der Waals surface area contributed by atoms with Gasteiger partial charge in [-0.3, -0.25) is 0 Å². The fourth-order valence-electron chi connectivity index (χ4n) is 3.54. The molecule has 2 nitrogen and oxygen atoms in total. The van der Waals surface area contributed by atoms with Crippen LogP contribution in [-0.4, -0.2) is 11.7 Å². The molecule has 0 saturated heterocycles. The smallest absolute Gasteiger partial charge is 0.127 e. The predicted molar refractivity (Wildman–Crippen MR) is 102 cm³/mol. The lowest BCUT2D eigenvalue weighted by Gasteiger charge is -2.38. The first kappa shape index (κ1) is 18.9. The molecule has 0 fully saturated rings. The molecule has 0 bridgehead atoms. The molecule has 0 spiro atoms. The van der Waals surface area contributed by atoms with Gasteiger partial charge in [-0.15, -0.1) is 0 Å². The lowest BCUT2D eigenvalue weighted by atomic mass is 9.85. The van der Waals surface area contributed by atoms with Crippen LogP contribution in [0, 0.1) is 20.8 Å². The van der Waals surface area contributed by atoms with E-state index in [1.807, 2.05) is 0 Å². The molecule has 0 saturated carbocycles. The van der Waals surface area contributed by atoms with Gasteiger partial charge in [0.1, 0.15) is 17.1 Å². The summed E-state index contributed by atoms with van der Waals surface area (Å²) >= 11 is 0. The first-order valence-electron chi connectivity index (χ1n) is 9.26. The highest BCUT2D eigenvalue weighted by atomic mass is 16.5. The highest BCUT2D eigenvalue weighted by Crippen LogP contribution is 2.45. The van der Waals surface area contributed by atoms with Crippen molar-refractivity contribution in [2.45, 2.75) is 92.8 Å². The molecule has 1 heterocycles. The second-order valence-electron chi connectivity index (χ2n) is 8.05. The molecule has 0 aliphatic carbocycles. The first-order valence-corrected chi connectivity index (χ1v) is 9.26. The Bertz CT molecular complexity index is 636. The lowest BCUT2D eigenvalue weighted by Crippen LogP contribution is -2.37. The Labute approximate surface area is 148 Å². The molecule has 1 aliphatic rings. The molecule has 2 heteroatoms. The van der Waals surface area contributed by atoms with Crippen molar-refractivity contribution in [1.82, 2.24) is 0 Å². The van der Waals surface area contributed by atoms with Crippen LogP contribution in [0.1, 0.15) is 76.1 Å². The van der Waals surface area contributed by atoms with Crippen molar-refractivity contribution in [3.8, 4) is 11.5 Å². The average molecular weight is 331 g/mol. The van der Waals surface area contributed by atoms with Crippen LogP contribution in [0.2, 0.25) is 0 Å². The minimum Gasteiger partial charge on any atom is -0.490 e. The topological polar surface area (TPSA) is 18.5 Å². The van der Waals surface area contributed by atoms with Crippen LogP contribution in [0.25, 0.3) is 0 Å². The zero-order chi connectivity index (χ0) is 18.1. The van der Waals surface area contributed by atoms with Gasteiger partial charge in [0, 0.05) is 5.56 Å². The highest BCUT2D eigenvalue weighted by Gasteiger charge is 2.34. The summed E-state index contributed by atoms with van der Waals surface area (Å²) in [5.74, 6) is 2.16. The molecule has 2 rings (SSSR count). The molecule has 1 aromatic carbocycles. The van der Waals surface area contributed by atoms with E-state index in [2.05, 4.69) is 61.5 Å².